The molecule has 1 saturated heterocycles. The zero-order valence-corrected chi connectivity index (χ0v) is 24.8. The summed E-state index contributed by atoms with van der Waals surface area (Å²) in [5.41, 5.74) is -1.23. The Hall–Kier alpha value is -0.690. The second kappa shape index (κ2) is 8.42. The van der Waals surface area contributed by atoms with Crippen LogP contribution in [0.1, 0.15) is 93.9 Å². The SMILES string of the molecule is CC(=O)O[C@@H]1[C@@H](O)[C@H]2[C@@H](C[C@@H]3O[C@@]34C[C@@H](O)C[C@H](O)[C@]24C)[C@@H]2CC[C@H]([C@H](C)C3CC3(C)[C@@H](C)C(C)C)[C@@]12C. The molecule has 0 amide bonds. The van der Waals surface area contributed by atoms with E-state index in [2.05, 4.69) is 48.5 Å². The van der Waals surface area contributed by atoms with Crippen molar-refractivity contribution in [2.45, 2.75) is 130 Å². The maximum atomic E-state index is 12.5. The lowest BCUT2D eigenvalue weighted by Gasteiger charge is -2.63. The first kappa shape index (κ1) is 27.5. The number of esters is 1. The van der Waals surface area contributed by atoms with Gasteiger partial charge in [-0.15, -0.1) is 0 Å². The Morgan fingerprint density at radius 3 is 2.29 bits per heavy atom. The Morgan fingerprint density at radius 2 is 1.66 bits per heavy atom. The zero-order chi connectivity index (χ0) is 27.7. The van der Waals surface area contributed by atoms with E-state index in [-0.39, 0.29) is 29.3 Å². The van der Waals surface area contributed by atoms with Crippen LogP contribution in [-0.2, 0) is 14.3 Å². The molecular formula is C32H52O6. The summed E-state index contributed by atoms with van der Waals surface area (Å²) in [7, 11) is 0. The van der Waals surface area contributed by atoms with Gasteiger partial charge < -0.3 is 24.8 Å². The summed E-state index contributed by atoms with van der Waals surface area (Å²) in [5.74, 6) is 2.76. The third-order valence-electron chi connectivity index (χ3n) is 14.2. The topological polar surface area (TPSA) is 99.5 Å². The molecule has 6 nitrogen and oxygen atoms in total. The van der Waals surface area contributed by atoms with Gasteiger partial charge in [-0.05, 0) is 78.9 Å². The molecule has 5 aliphatic carbocycles. The Morgan fingerprint density at radius 1 is 0.974 bits per heavy atom. The van der Waals surface area contributed by atoms with Crippen molar-refractivity contribution in [2.75, 3.05) is 0 Å². The number of rotatable bonds is 5. The summed E-state index contributed by atoms with van der Waals surface area (Å²) in [5, 5.41) is 34.3. The van der Waals surface area contributed by atoms with Crippen molar-refractivity contribution < 1.29 is 29.6 Å². The van der Waals surface area contributed by atoms with Crippen molar-refractivity contribution in [3.63, 3.8) is 0 Å². The third-order valence-corrected chi connectivity index (χ3v) is 14.2. The van der Waals surface area contributed by atoms with Crippen LogP contribution in [0.2, 0.25) is 0 Å². The summed E-state index contributed by atoms with van der Waals surface area (Å²) in [6, 6.07) is 0. The van der Waals surface area contributed by atoms with E-state index < -0.39 is 35.4 Å². The van der Waals surface area contributed by atoms with Crippen LogP contribution in [0, 0.1) is 63.6 Å². The number of hydrogen-bond acceptors (Lipinski definition) is 6. The number of carbonyl (C=O) groups excluding carboxylic acids is 1. The highest BCUT2D eigenvalue weighted by molar-refractivity contribution is 5.66. The first-order chi connectivity index (χ1) is 17.6. The quantitative estimate of drug-likeness (QED) is 0.354. The Labute approximate surface area is 229 Å². The molecule has 5 saturated carbocycles. The predicted octanol–water partition coefficient (Wildman–Crippen LogP) is 4.58. The average Bonchev–Trinajstić information content (AvgIpc) is 3.68. The van der Waals surface area contributed by atoms with E-state index in [0.29, 0.717) is 53.8 Å². The lowest BCUT2D eigenvalue weighted by atomic mass is 9.42. The van der Waals surface area contributed by atoms with Gasteiger partial charge in [-0.2, -0.15) is 0 Å². The first-order valence-electron chi connectivity index (χ1n) is 15.5. The number of fused-ring (bicyclic) bond motifs is 4. The summed E-state index contributed by atoms with van der Waals surface area (Å²) in [6.45, 7) is 17.8. The van der Waals surface area contributed by atoms with Gasteiger partial charge in [0.25, 0.3) is 0 Å². The molecule has 6 aliphatic rings. The minimum atomic E-state index is -0.866. The second-order valence-corrected chi connectivity index (χ2v) is 15.7. The zero-order valence-electron chi connectivity index (χ0n) is 24.8. The number of ether oxygens (including phenoxy) is 2. The van der Waals surface area contributed by atoms with Gasteiger partial charge >= 0.3 is 5.97 Å². The van der Waals surface area contributed by atoms with E-state index in [1.807, 2.05) is 0 Å². The maximum absolute atomic E-state index is 12.5. The van der Waals surface area contributed by atoms with Crippen LogP contribution in [0.15, 0.2) is 0 Å². The highest BCUT2D eigenvalue weighted by atomic mass is 16.6. The molecule has 216 valence electrons. The van der Waals surface area contributed by atoms with E-state index in [4.69, 9.17) is 9.47 Å². The molecule has 0 aromatic rings. The number of hydrogen-bond donors (Lipinski definition) is 3. The van der Waals surface area contributed by atoms with Crippen molar-refractivity contribution in [1.29, 1.82) is 0 Å². The van der Waals surface area contributed by atoms with Crippen molar-refractivity contribution in [1.82, 2.24) is 0 Å². The fourth-order valence-corrected chi connectivity index (χ4v) is 11.8. The lowest BCUT2D eigenvalue weighted by Crippen LogP contribution is -2.71. The summed E-state index contributed by atoms with van der Waals surface area (Å²) in [4.78, 5) is 12.5. The number of aliphatic hydroxyl groups excluding tert-OH is 3. The first-order valence-corrected chi connectivity index (χ1v) is 15.5. The van der Waals surface area contributed by atoms with Crippen LogP contribution in [0.3, 0.4) is 0 Å². The number of aliphatic hydroxyl groups is 3. The molecule has 0 radical (unpaired) electrons. The van der Waals surface area contributed by atoms with Crippen LogP contribution in [0.4, 0.5) is 0 Å². The van der Waals surface area contributed by atoms with E-state index in [1.54, 1.807) is 0 Å². The summed E-state index contributed by atoms with van der Waals surface area (Å²) in [6.07, 6.45) is 2.28. The molecule has 2 unspecified atom stereocenters. The normalized spacial score (nSPS) is 58.2. The van der Waals surface area contributed by atoms with Crippen molar-refractivity contribution in [3.05, 3.63) is 0 Å². The van der Waals surface area contributed by atoms with Crippen LogP contribution >= 0.6 is 0 Å². The van der Waals surface area contributed by atoms with Gasteiger partial charge in [-0.3, -0.25) is 4.79 Å². The van der Waals surface area contributed by atoms with E-state index in [0.717, 1.165) is 19.3 Å². The number of epoxide rings is 1. The van der Waals surface area contributed by atoms with Gasteiger partial charge in [0, 0.05) is 30.1 Å². The van der Waals surface area contributed by atoms with Gasteiger partial charge in [0.05, 0.1) is 24.4 Å². The average molecular weight is 533 g/mol. The predicted molar refractivity (Wildman–Crippen MR) is 144 cm³/mol. The molecule has 0 bridgehead atoms. The third kappa shape index (κ3) is 3.30. The van der Waals surface area contributed by atoms with E-state index >= 15 is 0 Å². The van der Waals surface area contributed by atoms with Crippen molar-refractivity contribution >= 4 is 5.97 Å². The van der Waals surface area contributed by atoms with Crippen LogP contribution < -0.4 is 0 Å². The smallest absolute Gasteiger partial charge is 0.303 e. The molecule has 1 spiro atoms. The van der Waals surface area contributed by atoms with Gasteiger partial charge in [0.15, 0.2) is 0 Å². The van der Waals surface area contributed by atoms with Gasteiger partial charge in [0.1, 0.15) is 11.7 Å². The molecular weight excluding hydrogens is 480 g/mol. The maximum Gasteiger partial charge on any atom is 0.303 e. The van der Waals surface area contributed by atoms with Gasteiger partial charge in [0.2, 0.25) is 0 Å². The Balaban J connectivity index is 1.37. The molecule has 0 aromatic carbocycles. The summed E-state index contributed by atoms with van der Waals surface area (Å²) < 4.78 is 12.6. The molecule has 3 N–H and O–H groups in total. The van der Waals surface area contributed by atoms with Crippen LogP contribution in [-0.4, -0.2) is 57.4 Å². The number of carbonyl (C=O) groups is 1. The van der Waals surface area contributed by atoms with Crippen LogP contribution in [0.5, 0.6) is 0 Å². The minimum Gasteiger partial charge on any atom is -0.459 e. The largest absolute Gasteiger partial charge is 0.459 e. The fourth-order valence-electron chi connectivity index (χ4n) is 11.8. The molecule has 1 aliphatic heterocycles. The Kier molecular flexibility index (Phi) is 6.09. The molecule has 6 heteroatoms. The highest BCUT2D eigenvalue weighted by Crippen LogP contribution is 2.76. The molecule has 6 rings (SSSR count). The fraction of sp³-hybridized carbons (Fsp3) is 0.969. The van der Waals surface area contributed by atoms with Gasteiger partial charge in [-0.1, -0.05) is 48.5 Å². The molecule has 6 fully saturated rings. The van der Waals surface area contributed by atoms with Crippen molar-refractivity contribution in [3.8, 4) is 0 Å². The monoisotopic (exact) mass is 532 g/mol. The van der Waals surface area contributed by atoms with Crippen molar-refractivity contribution in [2.24, 2.45) is 63.6 Å². The van der Waals surface area contributed by atoms with E-state index in [9.17, 15) is 20.1 Å². The van der Waals surface area contributed by atoms with Gasteiger partial charge in [-0.25, -0.2) is 0 Å². The lowest BCUT2D eigenvalue weighted by molar-refractivity contribution is -0.252. The van der Waals surface area contributed by atoms with E-state index in [1.165, 1.54) is 13.3 Å². The molecule has 0 aromatic heterocycles. The molecule has 38 heavy (non-hydrogen) atoms. The van der Waals surface area contributed by atoms with Crippen LogP contribution in [0.25, 0.3) is 0 Å². The second-order valence-electron chi connectivity index (χ2n) is 15.7. The Bertz CT molecular complexity index is 983. The molecule has 16 atom stereocenters. The highest BCUT2D eigenvalue weighted by Gasteiger charge is 2.81. The molecule has 1 heterocycles. The summed E-state index contributed by atoms with van der Waals surface area (Å²) >= 11 is 0. The minimum absolute atomic E-state index is 0.0233. The standard InChI is InChI=1S/C32H52O6/c1-15(2)17(4)29(6)14-23(29)16(3)21-9-10-22-20-12-25-32(38-25)13-19(34)11-24(35)31(32,8)26(20)27(36)28(30(21,22)7)37-18(5)33/h15-17,19-28,34-36H,9-14H2,1-8H3/t16-,17-,19-,20-,21+,22-,23?,24-,25-,26+,27-,28+,29?,30+,31+,32-/m0/s1.